The van der Waals surface area contributed by atoms with Crippen molar-refractivity contribution in [1.29, 1.82) is 0 Å². The average molecular weight is 332 g/mol. The molecule has 0 atom stereocenters. The Morgan fingerprint density at radius 3 is 2.57 bits per heavy atom. The summed E-state index contributed by atoms with van der Waals surface area (Å²) >= 11 is 1.51. The van der Waals surface area contributed by atoms with Gasteiger partial charge in [0.15, 0.2) is 23.9 Å². The van der Waals surface area contributed by atoms with Gasteiger partial charge in [-0.25, -0.2) is 4.79 Å². The maximum Gasteiger partial charge on any atom is 0.331 e. The third-order valence-electron chi connectivity index (χ3n) is 2.98. The van der Waals surface area contributed by atoms with Crippen LogP contribution in [0, 0.1) is 0 Å². The van der Waals surface area contributed by atoms with Crippen molar-refractivity contribution in [1.82, 2.24) is 0 Å². The van der Waals surface area contributed by atoms with Gasteiger partial charge in [0, 0.05) is 16.5 Å². The third-order valence-corrected chi connectivity index (χ3v) is 3.82. The highest BCUT2D eigenvalue weighted by Gasteiger charge is 2.12. The summed E-state index contributed by atoms with van der Waals surface area (Å²) in [6, 6.07) is 8.54. The van der Waals surface area contributed by atoms with E-state index in [1.54, 1.807) is 24.3 Å². The van der Waals surface area contributed by atoms with Crippen molar-refractivity contribution < 1.29 is 23.8 Å². The van der Waals surface area contributed by atoms with Gasteiger partial charge in [-0.15, -0.1) is 11.3 Å². The fourth-order valence-corrected chi connectivity index (χ4v) is 2.43. The van der Waals surface area contributed by atoms with E-state index in [-0.39, 0.29) is 12.4 Å². The highest BCUT2D eigenvalue weighted by atomic mass is 32.1. The van der Waals surface area contributed by atoms with E-state index in [0.717, 1.165) is 4.88 Å². The molecule has 1 aromatic heterocycles. The van der Waals surface area contributed by atoms with E-state index >= 15 is 0 Å². The van der Waals surface area contributed by atoms with Gasteiger partial charge in [-0.05, 0) is 35.7 Å². The first-order valence-corrected chi connectivity index (χ1v) is 7.65. The van der Waals surface area contributed by atoms with Gasteiger partial charge in [0.05, 0.1) is 14.2 Å². The molecule has 1 heterocycles. The normalized spacial score (nSPS) is 10.5. The van der Waals surface area contributed by atoms with Crippen LogP contribution in [0.5, 0.6) is 11.5 Å². The molecular weight excluding hydrogens is 316 g/mol. The minimum Gasteiger partial charge on any atom is -0.493 e. The molecule has 0 spiro atoms. The number of thiophene rings is 1. The lowest BCUT2D eigenvalue weighted by Gasteiger charge is -2.09. The summed E-state index contributed by atoms with van der Waals surface area (Å²) in [6.45, 7) is -0.330. The predicted molar refractivity (Wildman–Crippen MR) is 88.2 cm³/mol. The largest absolute Gasteiger partial charge is 0.493 e. The number of esters is 1. The van der Waals surface area contributed by atoms with Crippen molar-refractivity contribution in [3.8, 4) is 11.5 Å². The lowest BCUT2D eigenvalue weighted by molar-refractivity contribution is -0.136. The Kier molecular flexibility index (Phi) is 5.94. The van der Waals surface area contributed by atoms with Crippen LogP contribution in [0.15, 0.2) is 41.8 Å². The molecule has 0 aliphatic carbocycles. The first-order valence-electron chi connectivity index (χ1n) is 6.77. The van der Waals surface area contributed by atoms with Crippen LogP contribution in [-0.2, 0) is 9.53 Å². The Hall–Kier alpha value is -2.60. The Morgan fingerprint density at radius 2 is 1.91 bits per heavy atom. The number of carbonyl (C=O) groups excluding carboxylic acids is 2. The molecule has 0 amide bonds. The van der Waals surface area contributed by atoms with Crippen LogP contribution in [0.3, 0.4) is 0 Å². The van der Waals surface area contributed by atoms with E-state index in [1.165, 1.54) is 31.6 Å². The zero-order valence-electron chi connectivity index (χ0n) is 12.8. The van der Waals surface area contributed by atoms with E-state index in [4.69, 9.17) is 14.2 Å². The maximum absolute atomic E-state index is 12.1. The summed E-state index contributed by atoms with van der Waals surface area (Å²) in [5.74, 6) is 0.0956. The topological polar surface area (TPSA) is 61.8 Å². The number of carbonyl (C=O) groups is 2. The van der Waals surface area contributed by atoms with Gasteiger partial charge in [0.25, 0.3) is 0 Å². The highest BCUT2D eigenvalue weighted by Crippen LogP contribution is 2.27. The number of hydrogen-bond donors (Lipinski definition) is 0. The van der Waals surface area contributed by atoms with Crippen LogP contribution in [0.4, 0.5) is 0 Å². The summed E-state index contributed by atoms with van der Waals surface area (Å²) < 4.78 is 15.2. The number of rotatable bonds is 7. The Labute approximate surface area is 138 Å². The lowest BCUT2D eigenvalue weighted by atomic mass is 10.1. The summed E-state index contributed by atoms with van der Waals surface area (Å²) in [7, 11) is 3.00. The molecule has 2 rings (SSSR count). The smallest absolute Gasteiger partial charge is 0.331 e. The van der Waals surface area contributed by atoms with Crippen LogP contribution >= 0.6 is 11.3 Å². The number of hydrogen-bond acceptors (Lipinski definition) is 6. The fraction of sp³-hybridized carbons (Fsp3) is 0.176. The van der Waals surface area contributed by atoms with Crippen LogP contribution in [0.1, 0.15) is 15.2 Å². The molecule has 6 heteroatoms. The highest BCUT2D eigenvalue weighted by molar-refractivity contribution is 7.10. The van der Waals surface area contributed by atoms with Crippen molar-refractivity contribution in [2.24, 2.45) is 0 Å². The van der Waals surface area contributed by atoms with Crippen molar-refractivity contribution in [3.05, 3.63) is 52.2 Å². The van der Waals surface area contributed by atoms with Gasteiger partial charge < -0.3 is 14.2 Å². The minimum absolute atomic E-state index is 0.316. The summed E-state index contributed by atoms with van der Waals surface area (Å²) in [4.78, 5) is 24.6. The van der Waals surface area contributed by atoms with Crippen LogP contribution in [-0.4, -0.2) is 32.6 Å². The number of ketones is 1. The zero-order chi connectivity index (χ0) is 16.7. The van der Waals surface area contributed by atoms with Crippen LogP contribution < -0.4 is 9.47 Å². The first-order chi connectivity index (χ1) is 11.1. The van der Waals surface area contributed by atoms with E-state index < -0.39 is 5.97 Å². The molecule has 5 nitrogen and oxygen atoms in total. The molecule has 0 saturated carbocycles. The molecule has 0 aliphatic rings. The van der Waals surface area contributed by atoms with Gasteiger partial charge >= 0.3 is 5.97 Å². The molecule has 2 aromatic rings. The second-order valence-corrected chi connectivity index (χ2v) is 5.43. The quantitative estimate of drug-likeness (QED) is 0.443. The van der Waals surface area contributed by atoms with Crippen molar-refractivity contribution in [3.63, 3.8) is 0 Å². The molecule has 0 bridgehead atoms. The second kappa shape index (κ2) is 8.14. The van der Waals surface area contributed by atoms with Crippen molar-refractivity contribution >= 4 is 29.2 Å². The minimum atomic E-state index is -0.563. The van der Waals surface area contributed by atoms with Crippen LogP contribution in [0.2, 0.25) is 0 Å². The van der Waals surface area contributed by atoms with Gasteiger partial charge in [0.1, 0.15) is 0 Å². The first kappa shape index (κ1) is 16.8. The Bertz CT molecular complexity index is 704. The summed E-state index contributed by atoms with van der Waals surface area (Å²) in [5.41, 5.74) is 0.387. The molecule has 0 unspecified atom stereocenters. The average Bonchev–Trinajstić information content (AvgIpc) is 3.10. The molecule has 1 aromatic carbocycles. The lowest BCUT2D eigenvalue weighted by Crippen LogP contribution is -2.12. The van der Waals surface area contributed by atoms with E-state index in [1.807, 2.05) is 17.5 Å². The molecule has 23 heavy (non-hydrogen) atoms. The molecule has 120 valence electrons. The predicted octanol–water partition coefficient (Wildman–Crippen LogP) is 3.20. The second-order valence-electron chi connectivity index (χ2n) is 4.45. The standard InChI is InChI=1S/C17H16O5S/c1-20-15-7-5-12(10-16(15)21-2)14(18)11-22-17(19)8-6-13-4-3-9-23-13/h3-10H,11H2,1-2H3/b8-6+. The molecule has 0 saturated heterocycles. The maximum atomic E-state index is 12.1. The van der Waals surface area contributed by atoms with Gasteiger partial charge in [-0.2, -0.15) is 0 Å². The number of methoxy groups -OCH3 is 2. The molecule has 0 N–H and O–H groups in total. The SMILES string of the molecule is COc1ccc(C(=O)COC(=O)/C=C/c2cccs2)cc1OC. The van der Waals surface area contributed by atoms with E-state index in [0.29, 0.717) is 17.1 Å². The molecule has 0 aliphatic heterocycles. The number of Topliss-reactive ketones (excluding diaryl/α,β-unsaturated/α-hetero) is 1. The molecule has 0 radical (unpaired) electrons. The summed E-state index contributed by atoms with van der Waals surface area (Å²) in [5, 5.41) is 1.91. The van der Waals surface area contributed by atoms with Gasteiger partial charge in [-0.3, -0.25) is 4.79 Å². The summed E-state index contributed by atoms with van der Waals surface area (Å²) in [6.07, 6.45) is 2.95. The Balaban J connectivity index is 1.93. The third kappa shape index (κ3) is 4.69. The van der Waals surface area contributed by atoms with E-state index in [9.17, 15) is 9.59 Å². The van der Waals surface area contributed by atoms with Crippen LogP contribution in [0.25, 0.3) is 6.08 Å². The Morgan fingerprint density at radius 1 is 1.13 bits per heavy atom. The van der Waals surface area contributed by atoms with E-state index in [2.05, 4.69) is 0 Å². The van der Waals surface area contributed by atoms with Gasteiger partial charge in [0.2, 0.25) is 0 Å². The molecule has 0 fully saturated rings. The fourth-order valence-electron chi connectivity index (χ4n) is 1.81. The van der Waals surface area contributed by atoms with Crippen molar-refractivity contribution in [2.45, 2.75) is 0 Å². The molecular formula is C17H16O5S. The monoisotopic (exact) mass is 332 g/mol. The van der Waals surface area contributed by atoms with Gasteiger partial charge in [-0.1, -0.05) is 6.07 Å². The van der Waals surface area contributed by atoms with Crippen molar-refractivity contribution in [2.75, 3.05) is 20.8 Å². The number of ether oxygens (including phenoxy) is 3. The zero-order valence-corrected chi connectivity index (χ0v) is 13.6. The number of benzene rings is 1.